The first-order chi connectivity index (χ1) is 18.4. The van der Waals surface area contributed by atoms with Crippen molar-refractivity contribution in [2.75, 3.05) is 86.0 Å². The molecule has 0 aliphatic heterocycles. The third-order valence-electron chi connectivity index (χ3n) is 6.22. The molecule has 0 unspecified atom stereocenters. The van der Waals surface area contributed by atoms with E-state index in [1.54, 1.807) is 0 Å². The minimum Gasteiger partial charge on any atom is -0.379 e. The first-order valence-corrected chi connectivity index (χ1v) is 15.4. The van der Waals surface area contributed by atoms with E-state index in [0.29, 0.717) is 66.1 Å². The van der Waals surface area contributed by atoms with Gasteiger partial charge in [0.25, 0.3) is 0 Å². The molecule has 37 heavy (non-hydrogen) atoms. The Kier molecular flexibility index (Phi) is 35.4. The maximum Gasteiger partial charge on any atom is 0.113 e. The van der Waals surface area contributed by atoms with Crippen molar-refractivity contribution >= 4 is 0 Å². The molecule has 0 rings (SSSR count). The lowest BCUT2D eigenvalue weighted by Crippen LogP contribution is -2.14. The van der Waals surface area contributed by atoms with E-state index in [-0.39, 0.29) is 6.61 Å². The number of halogens is 1. The van der Waals surface area contributed by atoms with Crippen molar-refractivity contribution in [1.29, 1.82) is 0 Å². The highest BCUT2D eigenvalue weighted by Crippen LogP contribution is 2.13. The number of alkyl halides is 1. The Morgan fingerprint density at radius 2 is 0.541 bits per heavy atom. The predicted molar refractivity (Wildman–Crippen MR) is 150 cm³/mol. The molecule has 7 heteroatoms. The molecule has 0 N–H and O–H groups in total. The molecule has 0 aliphatic carbocycles. The second-order valence-electron chi connectivity index (χ2n) is 9.67. The second-order valence-corrected chi connectivity index (χ2v) is 9.67. The Balaban J connectivity index is 3.00. The van der Waals surface area contributed by atoms with Crippen LogP contribution in [0.25, 0.3) is 0 Å². The van der Waals surface area contributed by atoms with Crippen molar-refractivity contribution < 1.29 is 32.8 Å². The van der Waals surface area contributed by atoms with Crippen LogP contribution in [-0.4, -0.2) is 86.0 Å². The maximum absolute atomic E-state index is 11.8. The van der Waals surface area contributed by atoms with E-state index in [2.05, 4.69) is 6.92 Å². The van der Waals surface area contributed by atoms with Gasteiger partial charge in [0.2, 0.25) is 0 Å². The Hall–Kier alpha value is -0.310. The molecule has 0 aromatic carbocycles. The standard InChI is InChI=1S/C30H61FO6/c1-2-3-4-5-6-7-8-9-10-11-12-13-14-15-16-17-19-32-21-23-34-25-27-36-29-30-37-28-26-35-24-22-33-20-18-31/h2-30H2,1H3. The molecule has 0 aliphatic rings. The van der Waals surface area contributed by atoms with Gasteiger partial charge in [-0.15, -0.1) is 0 Å². The van der Waals surface area contributed by atoms with Crippen LogP contribution in [-0.2, 0) is 28.4 Å². The lowest BCUT2D eigenvalue weighted by Gasteiger charge is -2.08. The van der Waals surface area contributed by atoms with Crippen molar-refractivity contribution in [2.24, 2.45) is 0 Å². The number of rotatable bonds is 34. The largest absolute Gasteiger partial charge is 0.379 e. The highest BCUT2D eigenvalue weighted by molar-refractivity contribution is 4.50. The lowest BCUT2D eigenvalue weighted by molar-refractivity contribution is -0.0172. The molecule has 0 spiro atoms. The zero-order chi connectivity index (χ0) is 26.7. The number of hydrogen-bond donors (Lipinski definition) is 0. The van der Waals surface area contributed by atoms with Crippen molar-refractivity contribution in [3.05, 3.63) is 0 Å². The third-order valence-corrected chi connectivity index (χ3v) is 6.22. The Labute approximate surface area is 228 Å². The van der Waals surface area contributed by atoms with Gasteiger partial charge < -0.3 is 28.4 Å². The number of hydrogen-bond acceptors (Lipinski definition) is 6. The fourth-order valence-corrected chi connectivity index (χ4v) is 4.01. The zero-order valence-electron chi connectivity index (χ0n) is 24.3. The first-order valence-electron chi connectivity index (χ1n) is 15.4. The van der Waals surface area contributed by atoms with Crippen molar-refractivity contribution in [1.82, 2.24) is 0 Å². The fraction of sp³-hybridized carbons (Fsp3) is 1.00. The van der Waals surface area contributed by atoms with Crippen molar-refractivity contribution in [3.63, 3.8) is 0 Å². The summed E-state index contributed by atoms with van der Waals surface area (Å²) in [6.45, 7) is 8.16. The van der Waals surface area contributed by atoms with Gasteiger partial charge in [-0.2, -0.15) is 0 Å². The van der Waals surface area contributed by atoms with E-state index in [9.17, 15) is 4.39 Å². The average Bonchev–Trinajstić information content (AvgIpc) is 2.91. The highest BCUT2D eigenvalue weighted by Gasteiger charge is 1.96. The van der Waals surface area contributed by atoms with E-state index in [1.165, 1.54) is 96.3 Å². The average molecular weight is 537 g/mol. The number of unbranched alkanes of at least 4 members (excludes halogenated alkanes) is 15. The molecule has 0 heterocycles. The Morgan fingerprint density at radius 3 is 0.838 bits per heavy atom. The smallest absolute Gasteiger partial charge is 0.113 e. The van der Waals surface area contributed by atoms with Crippen molar-refractivity contribution in [2.45, 2.75) is 110 Å². The normalized spacial score (nSPS) is 11.5. The molecular formula is C30H61FO6. The zero-order valence-corrected chi connectivity index (χ0v) is 24.3. The van der Waals surface area contributed by atoms with Gasteiger partial charge in [-0.05, 0) is 6.42 Å². The molecule has 0 fully saturated rings. The first kappa shape index (κ1) is 36.7. The van der Waals surface area contributed by atoms with E-state index >= 15 is 0 Å². The van der Waals surface area contributed by atoms with Crippen LogP contribution in [0.15, 0.2) is 0 Å². The maximum atomic E-state index is 11.8. The van der Waals surface area contributed by atoms with E-state index in [4.69, 9.17) is 28.4 Å². The summed E-state index contributed by atoms with van der Waals surface area (Å²) in [7, 11) is 0. The SMILES string of the molecule is CCCCCCCCCCCCCCCCCCOCCOCCOCCOCCOCCOCCF. The molecule has 224 valence electrons. The number of ether oxygens (including phenoxy) is 6. The molecule has 0 radical (unpaired) electrons. The van der Waals surface area contributed by atoms with Gasteiger partial charge in [0.1, 0.15) is 6.67 Å². The summed E-state index contributed by atoms with van der Waals surface area (Å²) in [6, 6.07) is 0. The molecule has 0 saturated heterocycles. The van der Waals surface area contributed by atoms with Gasteiger partial charge in [0.15, 0.2) is 0 Å². The molecular weight excluding hydrogens is 475 g/mol. The summed E-state index contributed by atoms with van der Waals surface area (Å²) in [5.74, 6) is 0. The van der Waals surface area contributed by atoms with Crippen molar-refractivity contribution in [3.8, 4) is 0 Å². The van der Waals surface area contributed by atoms with Gasteiger partial charge in [-0.3, -0.25) is 0 Å². The Morgan fingerprint density at radius 1 is 0.297 bits per heavy atom. The van der Waals surface area contributed by atoms with Crippen LogP contribution in [0.5, 0.6) is 0 Å². The van der Waals surface area contributed by atoms with Crippen LogP contribution in [0.1, 0.15) is 110 Å². The molecule has 0 aromatic heterocycles. The molecule has 0 saturated carbocycles. The van der Waals surface area contributed by atoms with E-state index < -0.39 is 6.67 Å². The topological polar surface area (TPSA) is 55.4 Å². The van der Waals surface area contributed by atoms with E-state index in [1.807, 2.05) is 0 Å². The van der Waals surface area contributed by atoms with Gasteiger partial charge in [-0.25, -0.2) is 4.39 Å². The van der Waals surface area contributed by atoms with E-state index in [0.717, 1.165) is 13.0 Å². The minimum atomic E-state index is -0.457. The fourth-order valence-electron chi connectivity index (χ4n) is 4.01. The third kappa shape index (κ3) is 35.7. The molecule has 0 aromatic rings. The molecule has 0 atom stereocenters. The summed E-state index contributed by atoms with van der Waals surface area (Å²) in [4.78, 5) is 0. The highest BCUT2D eigenvalue weighted by atomic mass is 19.1. The van der Waals surface area contributed by atoms with Crippen LogP contribution in [0, 0.1) is 0 Å². The van der Waals surface area contributed by atoms with Crippen LogP contribution in [0.3, 0.4) is 0 Å². The van der Waals surface area contributed by atoms with Crippen LogP contribution in [0.4, 0.5) is 4.39 Å². The minimum absolute atomic E-state index is 0.132. The summed E-state index contributed by atoms with van der Waals surface area (Å²) in [5, 5.41) is 0. The molecule has 0 amide bonds. The quantitative estimate of drug-likeness (QED) is 0.0803. The summed E-state index contributed by atoms with van der Waals surface area (Å²) < 4.78 is 44.1. The summed E-state index contributed by atoms with van der Waals surface area (Å²) in [5.41, 5.74) is 0. The Bertz CT molecular complexity index is 355. The van der Waals surface area contributed by atoms with Crippen LogP contribution < -0.4 is 0 Å². The van der Waals surface area contributed by atoms with Gasteiger partial charge in [0.05, 0.1) is 72.7 Å². The van der Waals surface area contributed by atoms with Crippen LogP contribution >= 0.6 is 0 Å². The van der Waals surface area contributed by atoms with Gasteiger partial charge in [0, 0.05) is 6.61 Å². The lowest BCUT2D eigenvalue weighted by atomic mass is 10.0. The molecule has 0 bridgehead atoms. The van der Waals surface area contributed by atoms with Crippen LogP contribution in [0.2, 0.25) is 0 Å². The molecule has 6 nitrogen and oxygen atoms in total. The summed E-state index contributed by atoms with van der Waals surface area (Å²) in [6.07, 6.45) is 22.2. The van der Waals surface area contributed by atoms with Gasteiger partial charge >= 0.3 is 0 Å². The van der Waals surface area contributed by atoms with Gasteiger partial charge in [-0.1, -0.05) is 103 Å². The predicted octanol–water partition coefficient (Wildman–Crippen LogP) is 7.32. The summed E-state index contributed by atoms with van der Waals surface area (Å²) >= 11 is 0. The monoisotopic (exact) mass is 536 g/mol. The second kappa shape index (κ2) is 35.7.